The van der Waals surface area contributed by atoms with Crippen LogP contribution in [-0.4, -0.2) is 9.78 Å². The van der Waals surface area contributed by atoms with Gasteiger partial charge in [-0.1, -0.05) is 29.3 Å². The monoisotopic (exact) mass is 274 g/mol. The van der Waals surface area contributed by atoms with Crippen LogP contribution in [0.25, 0.3) is 5.69 Å². The first-order chi connectivity index (χ1) is 7.61. The van der Waals surface area contributed by atoms with Crippen molar-refractivity contribution in [3.63, 3.8) is 0 Å². The standard InChI is InChI=1S/C11H9Cl3N2/c1-7-10(14)6-16(15-7)11-3-2-8(5-12)4-9(11)13/h2-4,6H,5H2,1H3. The molecule has 2 rings (SSSR count). The zero-order valence-electron chi connectivity index (χ0n) is 8.54. The van der Waals surface area contributed by atoms with Crippen molar-refractivity contribution in [2.45, 2.75) is 12.8 Å². The molecular formula is C11H9Cl3N2. The Kier molecular flexibility index (Phi) is 3.43. The fourth-order valence-corrected chi connectivity index (χ4v) is 1.97. The van der Waals surface area contributed by atoms with E-state index in [0.29, 0.717) is 15.9 Å². The molecule has 0 saturated heterocycles. The zero-order chi connectivity index (χ0) is 11.7. The van der Waals surface area contributed by atoms with Crippen LogP contribution in [-0.2, 0) is 5.88 Å². The molecule has 2 aromatic rings. The minimum absolute atomic E-state index is 0.443. The molecule has 1 aromatic heterocycles. The van der Waals surface area contributed by atoms with Gasteiger partial charge in [0.25, 0.3) is 0 Å². The second-order valence-corrected chi connectivity index (χ2v) is 4.51. The summed E-state index contributed by atoms with van der Waals surface area (Å²) in [7, 11) is 0. The van der Waals surface area contributed by atoms with Gasteiger partial charge < -0.3 is 0 Å². The van der Waals surface area contributed by atoms with Crippen molar-refractivity contribution in [1.82, 2.24) is 9.78 Å². The maximum atomic E-state index is 6.14. The summed E-state index contributed by atoms with van der Waals surface area (Å²) < 4.78 is 1.66. The van der Waals surface area contributed by atoms with Gasteiger partial charge in [-0.3, -0.25) is 0 Å². The highest BCUT2D eigenvalue weighted by Crippen LogP contribution is 2.24. The zero-order valence-corrected chi connectivity index (χ0v) is 10.8. The van der Waals surface area contributed by atoms with Crippen molar-refractivity contribution in [2.75, 3.05) is 0 Å². The molecule has 1 aromatic carbocycles. The minimum Gasteiger partial charge on any atom is -0.238 e. The third kappa shape index (κ3) is 2.19. The Morgan fingerprint density at radius 2 is 2.00 bits per heavy atom. The highest BCUT2D eigenvalue weighted by molar-refractivity contribution is 6.33. The second kappa shape index (κ2) is 4.66. The lowest BCUT2D eigenvalue weighted by molar-refractivity contribution is 0.862. The number of aryl methyl sites for hydroxylation is 1. The molecule has 0 N–H and O–H groups in total. The number of alkyl halides is 1. The number of aromatic nitrogens is 2. The number of halogens is 3. The van der Waals surface area contributed by atoms with E-state index in [1.54, 1.807) is 10.9 Å². The molecular weight excluding hydrogens is 266 g/mol. The smallest absolute Gasteiger partial charge is 0.0832 e. The lowest BCUT2D eigenvalue weighted by Crippen LogP contribution is -1.96. The summed E-state index contributed by atoms with van der Waals surface area (Å²) in [5, 5.41) is 5.50. The van der Waals surface area contributed by atoms with Gasteiger partial charge in [-0.2, -0.15) is 5.10 Å². The number of hydrogen-bond donors (Lipinski definition) is 0. The predicted octanol–water partition coefficient (Wildman–Crippen LogP) is 4.23. The van der Waals surface area contributed by atoms with Gasteiger partial charge in [-0.05, 0) is 24.6 Å². The summed E-state index contributed by atoms with van der Waals surface area (Å²) in [6, 6.07) is 5.62. The molecule has 16 heavy (non-hydrogen) atoms. The van der Waals surface area contributed by atoms with Crippen LogP contribution in [0.4, 0.5) is 0 Å². The van der Waals surface area contributed by atoms with E-state index in [-0.39, 0.29) is 0 Å². The van der Waals surface area contributed by atoms with Crippen molar-refractivity contribution in [1.29, 1.82) is 0 Å². The summed E-state index contributed by atoms with van der Waals surface area (Å²) >= 11 is 17.8. The molecule has 0 fully saturated rings. The molecule has 0 radical (unpaired) electrons. The predicted molar refractivity (Wildman–Crippen MR) is 67.9 cm³/mol. The van der Waals surface area contributed by atoms with E-state index < -0.39 is 0 Å². The molecule has 0 amide bonds. The Balaban J connectivity index is 2.48. The molecule has 0 atom stereocenters. The molecule has 0 aliphatic heterocycles. The second-order valence-electron chi connectivity index (χ2n) is 3.43. The quantitative estimate of drug-likeness (QED) is 0.750. The first-order valence-corrected chi connectivity index (χ1v) is 5.97. The maximum absolute atomic E-state index is 6.14. The number of rotatable bonds is 2. The lowest BCUT2D eigenvalue weighted by Gasteiger charge is -2.05. The third-order valence-electron chi connectivity index (χ3n) is 2.25. The molecule has 1 heterocycles. The van der Waals surface area contributed by atoms with Crippen LogP contribution in [0.15, 0.2) is 24.4 Å². The van der Waals surface area contributed by atoms with Crippen LogP contribution in [0, 0.1) is 6.92 Å². The van der Waals surface area contributed by atoms with E-state index in [1.165, 1.54) is 0 Å². The molecule has 0 spiro atoms. The highest BCUT2D eigenvalue weighted by Gasteiger charge is 2.07. The molecule has 2 nitrogen and oxygen atoms in total. The molecule has 0 aliphatic rings. The lowest BCUT2D eigenvalue weighted by atomic mass is 10.2. The molecule has 0 aliphatic carbocycles. The minimum atomic E-state index is 0.443. The van der Waals surface area contributed by atoms with Crippen LogP contribution in [0.5, 0.6) is 0 Å². The van der Waals surface area contributed by atoms with Gasteiger partial charge in [-0.25, -0.2) is 4.68 Å². The Hall–Kier alpha value is -0.700. The Bertz CT molecular complexity index is 500. The van der Waals surface area contributed by atoms with Crippen molar-refractivity contribution in [2.24, 2.45) is 0 Å². The van der Waals surface area contributed by atoms with E-state index in [2.05, 4.69) is 5.10 Å². The van der Waals surface area contributed by atoms with Crippen LogP contribution >= 0.6 is 34.8 Å². The molecule has 0 unspecified atom stereocenters. The summed E-state index contributed by atoms with van der Waals surface area (Å²) in [5.74, 6) is 0.443. The van der Waals surface area contributed by atoms with Crippen LogP contribution in [0.3, 0.4) is 0 Å². The average Bonchev–Trinajstić information content (AvgIpc) is 2.58. The molecule has 0 saturated carbocycles. The van der Waals surface area contributed by atoms with E-state index >= 15 is 0 Å². The van der Waals surface area contributed by atoms with Crippen LogP contribution in [0.2, 0.25) is 10.0 Å². The van der Waals surface area contributed by atoms with Gasteiger partial charge in [0.15, 0.2) is 0 Å². The van der Waals surface area contributed by atoms with Gasteiger partial charge in [-0.15, -0.1) is 11.6 Å². The van der Waals surface area contributed by atoms with Gasteiger partial charge >= 0.3 is 0 Å². The third-order valence-corrected chi connectivity index (χ3v) is 3.23. The number of nitrogens with zero attached hydrogens (tertiary/aromatic N) is 2. The summed E-state index contributed by atoms with van der Waals surface area (Å²) in [5.41, 5.74) is 2.55. The topological polar surface area (TPSA) is 17.8 Å². The summed E-state index contributed by atoms with van der Waals surface area (Å²) in [6.45, 7) is 1.85. The first kappa shape index (κ1) is 11.8. The SMILES string of the molecule is Cc1nn(-c2ccc(CCl)cc2Cl)cc1Cl. The van der Waals surface area contributed by atoms with Crippen molar-refractivity contribution in [3.8, 4) is 5.69 Å². The van der Waals surface area contributed by atoms with Gasteiger partial charge in [0.1, 0.15) is 0 Å². The normalized spacial score (nSPS) is 10.8. The van der Waals surface area contributed by atoms with Crippen LogP contribution < -0.4 is 0 Å². The van der Waals surface area contributed by atoms with Crippen molar-refractivity contribution in [3.05, 3.63) is 45.7 Å². The van der Waals surface area contributed by atoms with E-state index in [0.717, 1.165) is 16.9 Å². The van der Waals surface area contributed by atoms with E-state index in [4.69, 9.17) is 34.8 Å². The summed E-state index contributed by atoms with van der Waals surface area (Å²) in [6.07, 6.45) is 1.73. The largest absolute Gasteiger partial charge is 0.238 e. The maximum Gasteiger partial charge on any atom is 0.0832 e. The number of benzene rings is 1. The highest BCUT2D eigenvalue weighted by atomic mass is 35.5. The van der Waals surface area contributed by atoms with Crippen molar-refractivity contribution >= 4 is 34.8 Å². The van der Waals surface area contributed by atoms with E-state index in [1.807, 2.05) is 25.1 Å². The molecule has 84 valence electrons. The van der Waals surface area contributed by atoms with Gasteiger partial charge in [0, 0.05) is 12.1 Å². The fourth-order valence-electron chi connectivity index (χ4n) is 1.38. The molecule has 5 heteroatoms. The Morgan fingerprint density at radius 3 is 2.50 bits per heavy atom. The fraction of sp³-hybridized carbons (Fsp3) is 0.182. The van der Waals surface area contributed by atoms with Crippen LogP contribution in [0.1, 0.15) is 11.3 Å². The van der Waals surface area contributed by atoms with Gasteiger partial charge in [0.05, 0.1) is 21.4 Å². The Labute approximate surface area is 109 Å². The van der Waals surface area contributed by atoms with Crippen molar-refractivity contribution < 1.29 is 0 Å². The first-order valence-electron chi connectivity index (χ1n) is 4.68. The summed E-state index contributed by atoms with van der Waals surface area (Å²) in [4.78, 5) is 0. The average molecular weight is 276 g/mol. The van der Waals surface area contributed by atoms with Gasteiger partial charge in [0.2, 0.25) is 0 Å². The van der Waals surface area contributed by atoms with E-state index in [9.17, 15) is 0 Å². The molecule has 0 bridgehead atoms. The number of hydrogen-bond acceptors (Lipinski definition) is 1. The Morgan fingerprint density at radius 1 is 1.25 bits per heavy atom.